The number of amides is 2. The second kappa shape index (κ2) is 11.6. The van der Waals surface area contributed by atoms with Crippen LogP contribution in [0.25, 0.3) is 0 Å². The highest BCUT2D eigenvalue weighted by molar-refractivity contribution is 6.04. The summed E-state index contributed by atoms with van der Waals surface area (Å²) in [6, 6.07) is 5.29. The summed E-state index contributed by atoms with van der Waals surface area (Å²) in [5.41, 5.74) is 1.88. The molecule has 10 heteroatoms. The minimum Gasteiger partial charge on any atom is -0.495 e. The third-order valence-electron chi connectivity index (χ3n) is 7.32. The van der Waals surface area contributed by atoms with Crippen LogP contribution in [-0.4, -0.2) is 79.1 Å². The number of carbonyl (C=O) groups excluding carboxylic acids is 2. The van der Waals surface area contributed by atoms with E-state index in [1.807, 2.05) is 6.07 Å². The number of ether oxygens (including phenoxy) is 1. The Morgan fingerprint density at radius 3 is 2.50 bits per heavy atom. The van der Waals surface area contributed by atoms with Gasteiger partial charge in [-0.1, -0.05) is 13.8 Å². The quantitative estimate of drug-likeness (QED) is 0.541. The van der Waals surface area contributed by atoms with E-state index in [-0.39, 0.29) is 29.9 Å². The van der Waals surface area contributed by atoms with E-state index in [1.165, 1.54) is 0 Å². The molecule has 0 radical (unpaired) electrons. The van der Waals surface area contributed by atoms with E-state index in [0.29, 0.717) is 34.6 Å². The summed E-state index contributed by atoms with van der Waals surface area (Å²) in [6.45, 7) is 10.4. The number of anilines is 4. The molecule has 2 aliphatic rings. The van der Waals surface area contributed by atoms with Crippen LogP contribution in [0.4, 0.5) is 23.1 Å². The lowest BCUT2D eigenvalue weighted by Gasteiger charge is -2.43. The highest BCUT2D eigenvalue weighted by Gasteiger charge is 2.39. The predicted molar refractivity (Wildman–Crippen MR) is 151 cm³/mol. The summed E-state index contributed by atoms with van der Waals surface area (Å²) in [4.78, 5) is 41.4. The zero-order valence-corrected chi connectivity index (χ0v) is 23.6. The van der Waals surface area contributed by atoms with Crippen molar-refractivity contribution >= 4 is 35.0 Å². The zero-order chi connectivity index (χ0) is 27.6. The van der Waals surface area contributed by atoms with Gasteiger partial charge >= 0.3 is 0 Å². The molecule has 1 aromatic heterocycles. The number of piperidine rings is 1. The fourth-order valence-corrected chi connectivity index (χ4v) is 5.21. The number of rotatable bonds is 8. The van der Waals surface area contributed by atoms with Crippen molar-refractivity contribution in [2.24, 2.45) is 5.92 Å². The van der Waals surface area contributed by atoms with Crippen LogP contribution in [0.5, 0.6) is 5.75 Å². The van der Waals surface area contributed by atoms with Gasteiger partial charge in [-0.3, -0.25) is 9.59 Å². The van der Waals surface area contributed by atoms with Crippen LogP contribution >= 0.6 is 0 Å². The summed E-state index contributed by atoms with van der Waals surface area (Å²) in [5, 5.41) is 6.40. The fourth-order valence-electron chi connectivity index (χ4n) is 5.21. The molecule has 4 rings (SSSR count). The molecule has 1 aromatic carbocycles. The van der Waals surface area contributed by atoms with E-state index < -0.39 is 0 Å². The van der Waals surface area contributed by atoms with Gasteiger partial charge in [-0.15, -0.1) is 0 Å². The maximum Gasteiger partial charge on any atom is 0.251 e. The standard InChI is InChI=1S/C28H41N7O3/c1-17(2)14-22-27(37)34(6)23-16-29-28(32-25(23)35(22)18(3)4)31-21-9-8-19(15-24(21)38-7)26(36)30-20-10-12-33(5)13-11-20/h8-9,15-18,20,22H,10-14H2,1-7H3,(H,30,36)(H,29,31,32)/t22-/m1/s1. The molecule has 0 spiro atoms. The van der Waals surface area contributed by atoms with Gasteiger partial charge in [0.25, 0.3) is 5.91 Å². The van der Waals surface area contributed by atoms with Crippen molar-refractivity contribution < 1.29 is 14.3 Å². The summed E-state index contributed by atoms with van der Waals surface area (Å²) in [7, 11) is 5.45. The molecule has 3 heterocycles. The zero-order valence-electron chi connectivity index (χ0n) is 23.6. The Morgan fingerprint density at radius 2 is 1.87 bits per heavy atom. The Balaban J connectivity index is 1.57. The molecular formula is C28H41N7O3. The maximum absolute atomic E-state index is 13.2. The van der Waals surface area contributed by atoms with E-state index in [9.17, 15) is 9.59 Å². The number of methoxy groups -OCH3 is 1. The van der Waals surface area contributed by atoms with Gasteiger partial charge < -0.3 is 30.1 Å². The van der Waals surface area contributed by atoms with E-state index in [0.717, 1.165) is 38.2 Å². The van der Waals surface area contributed by atoms with Crippen LogP contribution in [-0.2, 0) is 4.79 Å². The topological polar surface area (TPSA) is 103 Å². The average molecular weight is 524 g/mol. The molecule has 38 heavy (non-hydrogen) atoms. The van der Waals surface area contributed by atoms with Crippen molar-refractivity contribution in [2.75, 3.05) is 49.4 Å². The lowest BCUT2D eigenvalue weighted by molar-refractivity contribution is -0.120. The highest BCUT2D eigenvalue weighted by atomic mass is 16.5. The molecule has 1 atom stereocenters. The summed E-state index contributed by atoms with van der Waals surface area (Å²) >= 11 is 0. The van der Waals surface area contributed by atoms with Crippen LogP contribution in [0.15, 0.2) is 24.4 Å². The fraction of sp³-hybridized carbons (Fsp3) is 0.571. The Morgan fingerprint density at radius 1 is 1.16 bits per heavy atom. The number of nitrogens with one attached hydrogen (secondary N) is 2. The number of hydrogen-bond acceptors (Lipinski definition) is 8. The van der Waals surface area contributed by atoms with Crippen LogP contribution in [0.1, 0.15) is 57.3 Å². The first-order valence-electron chi connectivity index (χ1n) is 13.5. The van der Waals surface area contributed by atoms with Crippen LogP contribution < -0.4 is 25.2 Å². The molecule has 2 N–H and O–H groups in total. The molecular weight excluding hydrogens is 482 g/mol. The van der Waals surface area contributed by atoms with E-state index in [1.54, 1.807) is 37.4 Å². The molecule has 2 aromatic rings. The smallest absolute Gasteiger partial charge is 0.251 e. The number of benzene rings is 1. The number of aromatic nitrogens is 2. The van der Waals surface area contributed by atoms with Crippen molar-refractivity contribution in [3.63, 3.8) is 0 Å². The van der Waals surface area contributed by atoms with Gasteiger partial charge in [0.2, 0.25) is 11.9 Å². The number of nitrogens with zero attached hydrogens (tertiary/aromatic N) is 5. The van der Waals surface area contributed by atoms with E-state index in [4.69, 9.17) is 9.72 Å². The van der Waals surface area contributed by atoms with Gasteiger partial charge in [0, 0.05) is 24.7 Å². The highest BCUT2D eigenvalue weighted by Crippen LogP contribution is 2.38. The number of carbonyl (C=O) groups is 2. The second-order valence-corrected chi connectivity index (χ2v) is 11.0. The van der Waals surface area contributed by atoms with Crippen LogP contribution in [0.2, 0.25) is 0 Å². The van der Waals surface area contributed by atoms with Gasteiger partial charge in [0.05, 0.1) is 19.0 Å². The van der Waals surface area contributed by atoms with Crippen molar-refractivity contribution in [1.82, 2.24) is 20.2 Å². The average Bonchev–Trinajstić information content (AvgIpc) is 2.88. The SMILES string of the molecule is COc1cc(C(=O)NC2CCN(C)CC2)ccc1Nc1ncc2c(n1)N(C(C)C)[C@H](CC(C)C)C(=O)N2C. The third-order valence-corrected chi connectivity index (χ3v) is 7.32. The molecule has 1 fully saturated rings. The molecule has 0 unspecified atom stereocenters. The largest absolute Gasteiger partial charge is 0.495 e. The third kappa shape index (κ3) is 5.85. The number of likely N-dealkylation sites (tertiary alicyclic amines) is 1. The van der Waals surface area contributed by atoms with Gasteiger partial charge in [0.1, 0.15) is 17.5 Å². The first-order chi connectivity index (χ1) is 18.1. The Labute approximate surface area is 225 Å². The normalized spacial score (nSPS) is 18.7. The molecule has 0 saturated carbocycles. The second-order valence-electron chi connectivity index (χ2n) is 11.0. The molecule has 0 bridgehead atoms. The van der Waals surface area contributed by atoms with Gasteiger partial charge in [0.15, 0.2) is 5.82 Å². The van der Waals surface area contributed by atoms with Crippen LogP contribution in [0, 0.1) is 5.92 Å². The summed E-state index contributed by atoms with van der Waals surface area (Å²) < 4.78 is 5.61. The van der Waals surface area contributed by atoms with Crippen molar-refractivity contribution in [3.8, 4) is 5.75 Å². The molecule has 0 aliphatic carbocycles. The number of fused-ring (bicyclic) bond motifs is 1. The molecule has 2 aliphatic heterocycles. The van der Waals surface area contributed by atoms with E-state index >= 15 is 0 Å². The maximum atomic E-state index is 13.2. The van der Waals surface area contributed by atoms with Gasteiger partial charge in [-0.2, -0.15) is 4.98 Å². The molecule has 1 saturated heterocycles. The number of likely N-dealkylation sites (N-methyl/N-ethyl adjacent to an activating group) is 1. The minimum atomic E-state index is -0.285. The molecule has 10 nitrogen and oxygen atoms in total. The monoisotopic (exact) mass is 523 g/mol. The lowest BCUT2D eigenvalue weighted by Crippen LogP contribution is -2.55. The Bertz CT molecular complexity index is 1160. The Hall–Kier alpha value is -3.40. The van der Waals surface area contributed by atoms with Crippen molar-refractivity contribution in [1.29, 1.82) is 0 Å². The van der Waals surface area contributed by atoms with E-state index in [2.05, 4.69) is 60.2 Å². The summed E-state index contributed by atoms with van der Waals surface area (Å²) in [5.74, 6) is 1.94. The van der Waals surface area contributed by atoms with Gasteiger partial charge in [-0.25, -0.2) is 4.98 Å². The first-order valence-corrected chi connectivity index (χ1v) is 13.5. The predicted octanol–water partition coefficient (Wildman–Crippen LogP) is 3.66. The minimum absolute atomic E-state index is 0.0555. The van der Waals surface area contributed by atoms with Crippen molar-refractivity contribution in [2.45, 2.75) is 65.1 Å². The first kappa shape index (κ1) is 27.6. The van der Waals surface area contributed by atoms with Gasteiger partial charge in [-0.05, 0) is 77.4 Å². The van der Waals surface area contributed by atoms with Crippen molar-refractivity contribution in [3.05, 3.63) is 30.0 Å². The number of hydrogen-bond donors (Lipinski definition) is 2. The molecule has 206 valence electrons. The summed E-state index contributed by atoms with van der Waals surface area (Å²) in [6.07, 6.45) is 4.31. The van der Waals surface area contributed by atoms with Crippen LogP contribution in [0.3, 0.4) is 0 Å². The Kier molecular flexibility index (Phi) is 8.40. The lowest BCUT2D eigenvalue weighted by atomic mass is 9.97. The molecule has 2 amide bonds.